The van der Waals surface area contributed by atoms with Crippen LogP contribution in [0.25, 0.3) is 0 Å². The zero-order valence-electron chi connectivity index (χ0n) is 14.0. The van der Waals surface area contributed by atoms with Crippen LogP contribution in [0.15, 0.2) is 47.1 Å². The Hall–Kier alpha value is -2.76. The lowest BCUT2D eigenvalue weighted by Gasteiger charge is -2.16. The van der Waals surface area contributed by atoms with Crippen molar-refractivity contribution in [1.29, 1.82) is 0 Å². The zero-order chi connectivity index (χ0) is 17.4. The predicted molar refractivity (Wildman–Crippen MR) is 90.6 cm³/mol. The van der Waals surface area contributed by atoms with E-state index in [2.05, 4.69) is 5.32 Å². The second-order valence-corrected chi connectivity index (χ2v) is 5.37. The van der Waals surface area contributed by atoms with Crippen LogP contribution in [-0.4, -0.2) is 30.6 Å². The molecule has 0 saturated carbocycles. The van der Waals surface area contributed by atoms with Crippen molar-refractivity contribution in [3.8, 4) is 0 Å². The lowest BCUT2D eigenvalue weighted by atomic mass is 10.1. The van der Waals surface area contributed by atoms with E-state index < -0.39 is 0 Å². The molecule has 6 nitrogen and oxygen atoms in total. The Morgan fingerprint density at radius 3 is 2.58 bits per heavy atom. The summed E-state index contributed by atoms with van der Waals surface area (Å²) in [5, 5.41) is 2.82. The molecule has 2 rings (SSSR count). The van der Waals surface area contributed by atoms with Gasteiger partial charge in [0.15, 0.2) is 0 Å². The smallest absolute Gasteiger partial charge is 0.321 e. The number of amides is 2. The molecule has 0 radical (unpaired) electrons. The van der Waals surface area contributed by atoms with Crippen molar-refractivity contribution in [3.63, 3.8) is 0 Å². The number of benzene rings is 1. The van der Waals surface area contributed by atoms with Crippen molar-refractivity contribution in [3.05, 3.63) is 54.0 Å². The summed E-state index contributed by atoms with van der Waals surface area (Å²) in [5.74, 6) is 0.524. The van der Waals surface area contributed by atoms with Crippen molar-refractivity contribution in [2.75, 3.05) is 19.0 Å². The summed E-state index contributed by atoms with van der Waals surface area (Å²) in [6.07, 6.45) is 2.55. The Morgan fingerprint density at radius 1 is 1.21 bits per heavy atom. The van der Waals surface area contributed by atoms with Gasteiger partial charge in [0.1, 0.15) is 5.76 Å². The third kappa shape index (κ3) is 5.46. The van der Waals surface area contributed by atoms with Crippen LogP contribution < -0.4 is 5.32 Å². The summed E-state index contributed by atoms with van der Waals surface area (Å²) in [7, 11) is 1.70. The Bertz CT molecular complexity index is 650. The molecule has 1 aromatic carbocycles. The van der Waals surface area contributed by atoms with Crippen molar-refractivity contribution < 1.29 is 18.7 Å². The van der Waals surface area contributed by atoms with Gasteiger partial charge in [0.25, 0.3) is 0 Å². The van der Waals surface area contributed by atoms with Crippen molar-refractivity contribution in [2.24, 2.45) is 0 Å². The zero-order valence-corrected chi connectivity index (χ0v) is 14.0. The Balaban J connectivity index is 1.82. The minimum absolute atomic E-state index is 0.200. The summed E-state index contributed by atoms with van der Waals surface area (Å²) >= 11 is 0. The molecular weight excluding hydrogens is 308 g/mol. The van der Waals surface area contributed by atoms with E-state index in [9.17, 15) is 9.59 Å². The number of hydrogen-bond acceptors (Lipinski definition) is 4. The first-order valence-corrected chi connectivity index (χ1v) is 7.87. The number of carbonyl (C=O) groups excluding carboxylic acids is 2. The predicted octanol–water partition coefficient (Wildman–Crippen LogP) is 3.44. The van der Waals surface area contributed by atoms with E-state index >= 15 is 0 Å². The highest BCUT2D eigenvalue weighted by molar-refractivity contribution is 5.89. The normalized spacial score (nSPS) is 10.2. The molecule has 0 fully saturated rings. The van der Waals surface area contributed by atoms with Crippen LogP contribution >= 0.6 is 0 Å². The van der Waals surface area contributed by atoms with Crippen LogP contribution in [0.5, 0.6) is 0 Å². The number of carbonyl (C=O) groups is 2. The summed E-state index contributed by atoms with van der Waals surface area (Å²) in [5.41, 5.74) is 1.72. The SMILES string of the molecule is CCOC(=O)CCc1ccc(NC(=O)N(C)Cc2ccco2)cc1. The van der Waals surface area contributed by atoms with Gasteiger partial charge in [-0.25, -0.2) is 4.79 Å². The molecule has 0 spiro atoms. The largest absolute Gasteiger partial charge is 0.467 e. The van der Waals surface area contributed by atoms with E-state index in [4.69, 9.17) is 9.15 Å². The second-order valence-electron chi connectivity index (χ2n) is 5.37. The maximum atomic E-state index is 12.1. The molecule has 1 aromatic heterocycles. The van der Waals surface area contributed by atoms with Gasteiger partial charge in [-0.1, -0.05) is 12.1 Å². The number of ether oxygens (including phenoxy) is 1. The third-order valence-electron chi connectivity index (χ3n) is 3.45. The summed E-state index contributed by atoms with van der Waals surface area (Å²) in [6, 6.07) is 10.8. The van der Waals surface area contributed by atoms with E-state index in [1.165, 1.54) is 4.90 Å². The molecule has 0 saturated heterocycles. The van der Waals surface area contributed by atoms with Crippen molar-refractivity contribution in [2.45, 2.75) is 26.3 Å². The Labute approximate surface area is 141 Å². The van der Waals surface area contributed by atoms with Crippen molar-refractivity contribution >= 4 is 17.7 Å². The van der Waals surface area contributed by atoms with E-state index in [0.717, 1.165) is 11.3 Å². The quantitative estimate of drug-likeness (QED) is 0.789. The molecule has 24 heavy (non-hydrogen) atoms. The molecule has 0 bridgehead atoms. The van der Waals surface area contributed by atoms with Gasteiger partial charge in [0.2, 0.25) is 0 Å². The molecule has 6 heteroatoms. The first-order valence-electron chi connectivity index (χ1n) is 7.87. The molecule has 2 amide bonds. The summed E-state index contributed by atoms with van der Waals surface area (Å²) in [4.78, 5) is 25.0. The number of hydrogen-bond donors (Lipinski definition) is 1. The van der Waals surface area contributed by atoms with Gasteiger partial charge in [-0.05, 0) is 43.2 Å². The van der Waals surface area contributed by atoms with Gasteiger partial charge < -0.3 is 19.4 Å². The van der Waals surface area contributed by atoms with Gasteiger partial charge in [-0.2, -0.15) is 0 Å². The lowest BCUT2D eigenvalue weighted by molar-refractivity contribution is -0.143. The maximum absolute atomic E-state index is 12.1. The molecule has 0 atom stereocenters. The number of anilines is 1. The first kappa shape index (κ1) is 17.6. The highest BCUT2D eigenvalue weighted by Gasteiger charge is 2.11. The average molecular weight is 330 g/mol. The number of nitrogens with zero attached hydrogens (tertiary/aromatic N) is 1. The monoisotopic (exact) mass is 330 g/mol. The lowest BCUT2D eigenvalue weighted by Crippen LogP contribution is -2.30. The Morgan fingerprint density at radius 2 is 1.96 bits per heavy atom. The molecule has 128 valence electrons. The van der Waals surface area contributed by atoms with Crippen LogP contribution in [-0.2, 0) is 22.5 Å². The molecule has 2 aromatic rings. The minimum atomic E-state index is -0.217. The fourth-order valence-electron chi connectivity index (χ4n) is 2.16. The fourth-order valence-corrected chi connectivity index (χ4v) is 2.16. The van der Waals surface area contributed by atoms with Gasteiger partial charge >= 0.3 is 12.0 Å². The number of esters is 1. The number of aryl methyl sites for hydroxylation is 1. The van der Waals surface area contributed by atoms with Crippen LogP contribution in [0, 0.1) is 0 Å². The molecule has 1 N–H and O–H groups in total. The second kappa shape index (κ2) is 8.76. The fraction of sp³-hybridized carbons (Fsp3) is 0.333. The summed E-state index contributed by atoms with van der Waals surface area (Å²) < 4.78 is 10.1. The van der Waals surface area contributed by atoms with Gasteiger partial charge in [0, 0.05) is 19.2 Å². The molecule has 0 aliphatic heterocycles. The molecule has 0 aliphatic rings. The number of furan rings is 1. The van der Waals surface area contributed by atoms with E-state index in [1.807, 2.05) is 30.3 Å². The summed E-state index contributed by atoms with van der Waals surface area (Å²) in [6.45, 7) is 2.59. The van der Waals surface area contributed by atoms with E-state index in [1.54, 1.807) is 26.3 Å². The number of nitrogens with one attached hydrogen (secondary N) is 1. The highest BCUT2D eigenvalue weighted by atomic mass is 16.5. The van der Waals surface area contributed by atoms with Crippen molar-refractivity contribution in [1.82, 2.24) is 4.90 Å². The molecule has 0 unspecified atom stereocenters. The molecular formula is C18H22N2O4. The van der Waals surface area contributed by atoms with E-state index in [-0.39, 0.29) is 12.0 Å². The highest BCUT2D eigenvalue weighted by Crippen LogP contribution is 2.13. The molecule has 1 heterocycles. The first-order chi connectivity index (χ1) is 11.6. The third-order valence-corrected chi connectivity index (χ3v) is 3.45. The topological polar surface area (TPSA) is 71.8 Å². The van der Waals surface area contributed by atoms with Gasteiger partial charge in [-0.15, -0.1) is 0 Å². The standard InChI is InChI=1S/C18H22N2O4/c1-3-23-17(21)11-8-14-6-9-15(10-7-14)19-18(22)20(2)13-16-5-4-12-24-16/h4-7,9-10,12H,3,8,11,13H2,1-2H3,(H,19,22). The minimum Gasteiger partial charge on any atom is -0.467 e. The van der Waals surface area contributed by atoms with E-state index in [0.29, 0.717) is 31.7 Å². The molecule has 0 aliphatic carbocycles. The van der Waals surface area contributed by atoms with Crippen LogP contribution in [0.1, 0.15) is 24.7 Å². The number of urea groups is 1. The van der Waals surface area contributed by atoms with Gasteiger partial charge in [0.05, 0.1) is 19.4 Å². The Kier molecular flexibility index (Phi) is 6.42. The average Bonchev–Trinajstić information content (AvgIpc) is 3.07. The van der Waals surface area contributed by atoms with Crippen LogP contribution in [0.3, 0.4) is 0 Å². The number of rotatable bonds is 7. The maximum Gasteiger partial charge on any atom is 0.321 e. The van der Waals surface area contributed by atoms with Crippen LogP contribution in [0.4, 0.5) is 10.5 Å². The van der Waals surface area contributed by atoms with Gasteiger partial charge in [-0.3, -0.25) is 4.79 Å². The van der Waals surface area contributed by atoms with Crippen LogP contribution in [0.2, 0.25) is 0 Å².